The van der Waals surface area contributed by atoms with Gasteiger partial charge >= 0.3 is 6.03 Å². The Morgan fingerprint density at radius 1 is 1.12 bits per heavy atom. The number of rotatable bonds is 4. The Morgan fingerprint density at radius 3 is 2.73 bits per heavy atom. The lowest BCUT2D eigenvalue weighted by Gasteiger charge is -2.28. The fraction of sp³-hybridized carbons (Fsp3) is 0.556. The van der Waals surface area contributed by atoms with Crippen LogP contribution in [0, 0.1) is 5.92 Å². The quantitative estimate of drug-likeness (QED) is 0.905. The van der Waals surface area contributed by atoms with Crippen molar-refractivity contribution in [1.29, 1.82) is 0 Å². The molecule has 1 N–H and O–H groups in total. The van der Waals surface area contributed by atoms with E-state index in [1.807, 2.05) is 26.7 Å². The summed E-state index contributed by atoms with van der Waals surface area (Å²) < 4.78 is 2.04. The van der Waals surface area contributed by atoms with Gasteiger partial charge in [0.1, 0.15) is 0 Å². The third kappa shape index (κ3) is 3.79. The van der Waals surface area contributed by atoms with Crippen molar-refractivity contribution in [3.63, 3.8) is 0 Å². The minimum Gasteiger partial charge on any atom is -0.354 e. The molecule has 4 heterocycles. The summed E-state index contributed by atoms with van der Waals surface area (Å²) in [4.78, 5) is 25.3. The van der Waals surface area contributed by atoms with Crippen molar-refractivity contribution >= 4 is 12.0 Å². The van der Waals surface area contributed by atoms with E-state index in [2.05, 4.69) is 20.4 Å². The van der Waals surface area contributed by atoms with E-state index in [9.17, 15) is 4.79 Å². The molecule has 8 nitrogen and oxygen atoms in total. The van der Waals surface area contributed by atoms with Crippen LogP contribution in [-0.2, 0) is 13.1 Å². The van der Waals surface area contributed by atoms with Crippen LogP contribution in [0.4, 0.5) is 10.7 Å². The van der Waals surface area contributed by atoms with E-state index in [1.165, 1.54) is 0 Å². The lowest BCUT2D eigenvalue weighted by atomic mass is 10.1. The van der Waals surface area contributed by atoms with Crippen molar-refractivity contribution in [3.05, 3.63) is 36.4 Å². The van der Waals surface area contributed by atoms with Gasteiger partial charge in [-0.15, -0.1) is 0 Å². The number of carbonyl (C=O) groups excluding carboxylic acids is 1. The second-order valence-electron chi connectivity index (χ2n) is 7.02. The van der Waals surface area contributed by atoms with Crippen molar-refractivity contribution in [2.24, 2.45) is 5.92 Å². The van der Waals surface area contributed by atoms with Crippen LogP contribution < -0.4 is 5.32 Å². The fourth-order valence-corrected chi connectivity index (χ4v) is 3.75. The maximum absolute atomic E-state index is 12.9. The van der Waals surface area contributed by atoms with Crippen LogP contribution in [0.5, 0.6) is 0 Å². The molecule has 0 spiro atoms. The molecular weight excluding hydrogens is 330 g/mol. The summed E-state index contributed by atoms with van der Waals surface area (Å²) in [6.07, 6.45) is 8.44. The average molecular weight is 355 g/mol. The lowest BCUT2D eigenvalue weighted by molar-refractivity contribution is 0.151. The van der Waals surface area contributed by atoms with Gasteiger partial charge in [-0.05, 0) is 37.3 Å². The Balaban J connectivity index is 1.41. The van der Waals surface area contributed by atoms with Gasteiger partial charge in [0.05, 0.1) is 12.2 Å². The van der Waals surface area contributed by atoms with E-state index in [-0.39, 0.29) is 6.03 Å². The highest BCUT2D eigenvalue weighted by atomic mass is 16.2. The van der Waals surface area contributed by atoms with Crippen molar-refractivity contribution in [3.8, 4) is 0 Å². The molecule has 0 aliphatic carbocycles. The van der Waals surface area contributed by atoms with Gasteiger partial charge in [0.2, 0.25) is 5.95 Å². The molecule has 2 aromatic rings. The molecule has 0 aromatic carbocycles. The molecule has 2 amide bonds. The number of carbonyl (C=O) groups is 1. The molecule has 0 bridgehead atoms. The third-order valence-electron chi connectivity index (χ3n) is 5.12. The van der Waals surface area contributed by atoms with Crippen LogP contribution >= 0.6 is 0 Å². The number of urea groups is 1. The molecule has 26 heavy (non-hydrogen) atoms. The van der Waals surface area contributed by atoms with E-state index >= 15 is 0 Å². The molecule has 0 unspecified atom stereocenters. The van der Waals surface area contributed by atoms with Gasteiger partial charge in [-0.25, -0.2) is 14.8 Å². The Hall–Kier alpha value is -2.64. The van der Waals surface area contributed by atoms with E-state index in [0.717, 1.165) is 57.7 Å². The van der Waals surface area contributed by atoms with Gasteiger partial charge in [0.25, 0.3) is 0 Å². The van der Waals surface area contributed by atoms with Gasteiger partial charge < -0.3 is 15.1 Å². The first-order chi connectivity index (χ1) is 12.8. The molecule has 0 saturated carbocycles. The van der Waals surface area contributed by atoms with Crippen molar-refractivity contribution in [2.75, 3.05) is 31.5 Å². The van der Waals surface area contributed by atoms with Gasteiger partial charge in [-0.2, -0.15) is 5.10 Å². The van der Waals surface area contributed by atoms with Crippen LogP contribution in [-0.4, -0.2) is 61.8 Å². The van der Waals surface area contributed by atoms with E-state index in [1.54, 1.807) is 18.5 Å². The summed E-state index contributed by atoms with van der Waals surface area (Å²) in [7, 11) is 0. The zero-order chi connectivity index (χ0) is 17.8. The van der Waals surface area contributed by atoms with Gasteiger partial charge in [-0.3, -0.25) is 4.68 Å². The van der Waals surface area contributed by atoms with E-state index in [0.29, 0.717) is 18.4 Å². The summed E-state index contributed by atoms with van der Waals surface area (Å²) >= 11 is 0. The summed E-state index contributed by atoms with van der Waals surface area (Å²) in [5.41, 5.74) is 1.11. The number of likely N-dealkylation sites (tertiary alicyclic amines) is 1. The largest absolute Gasteiger partial charge is 0.354 e. The van der Waals surface area contributed by atoms with Crippen molar-refractivity contribution < 1.29 is 4.79 Å². The van der Waals surface area contributed by atoms with Crippen LogP contribution in [0.15, 0.2) is 30.7 Å². The SMILES string of the molecule is O=C(N1CCCC1)N1Cc2ccnn2C[C@@H](CCNc2ncccn2)C1. The summed E-state index contributed by atoms with van der Waals surface area (Å²) in [5, 5.41) is 7.71. The first-order valence-corrected chi connectivity index (χ1v) is 9.35. The van der Waals surface area contributed by atoms with Crippen LogP contribution in [0.1, 0.15) is 25.0 Å². The first kappa shape index (κ1) is 16.8. The molecule has 1 atom stereocenters. The number of hydrogen-bond acceptors (Lipinski definition) is 5. The van der Waals surface area contributed by atoms with Gasteiger partial charge in [-0.1, -0.05) is 0 Å². The summed E-state index contributed by atoms with van der Waals surface area (Å²) in [6.45, 7) is 4.77. The van der Waals surface area contributed by atoms with E-state index < -0.39 is 0 Å². The topological polar surface area (TPSA) is 79.2 Å². The molecule has 0 radical (unpaired) electrons. The number of amides is 2. The van der Waals surface area contributed by atoms with E-state index in [4.69, 9.17) is 0 Å². The minimum absolute atomic E-state index is 0.168. The summed E-state index contributed by atoms with van der Waals surface area (Å²) in [5.74, 6) is 0.991. The number of hydrogen-bond donors (Lipinski definition) is 1. The molecule has 1 saturated heterocycles. The van der Waals surface area contributed by atoms with Crippen LogP contribution in [0.25, 0.3) is 0 Å². The zero-order valence-electron chi connectivity index (χ0n) is 14.9. The minimum atomic E-state index is 0.168. The predicted molar refractivity (Wildman–Crippen MR) is 97.5 cm³/mol. The van der Waals surface area contributed by atoms with Crippen molar-refractivity contribution in [2.45, 2.75) is 32.4 Å². The van der Waals surface area contributed by atoms with Crippen LogP contribution in [0.2, 0.25) is 0 Å². The smallest absolute Gasteiger partial charge is 0.320 e. The lowest BCUT2D eigenvalue weighted by Crippen LogP contribution is -2.43. The maximum atomic E-state index is 12.9. The highest BCUT2D eigenvalue weighted by Gasteiger charge is 2.29. The standard InChI is InChI=1S/C18H25N7O/c26-18(23-10-1-2-11-23)24-12-15(13-25-16(14-24)5-9-22-25)4-8-21-17-19-6-3-7-20-17/h3,5-7,9,15H,1-2,4,8,10-14H2,(H,19,20,21)/t15-/m0/s1. The van der Waals surface area contributed by atoms with Crippen molar-refractivity contribution in [1.82, 2.24) is 29.5 Å². The summed E-state index contributed by atoms with van der Waals surface area (Å²) in [6, 6.07) is 3.99. The number of nitrogens with zero attached hydrogens (tertiary/aromatic N) is 6. The molecule has 2 aliphatic heterocycles. The first-order valence-electron chi connectivity index (χ1n) is 9.35. The molecule has 8 heteroatoms. The molecule has 1 fully saturated rings. The zero-order valence-corrected chi connectivity index (χ0v) is 14.9. The normalized spacial score (nSPS) is 19.9. The Labute approximate surface area is 153 Å². The second-order valence-corrected chi connectivity index (χ2v) is 7.02. The fourth-order valence-electron chi connectivity index (χ4n) is 3.75. The molecule has 2 aromatic heterocycles. The monoisotopic (exact) mass is 355 g/mol. The Kier molecular flexibility index (Phi) is 4.99. The molecular formula is C18H25N7O. The molecule has 4 rings (SSSR count). The Morgan fingerprint density at radius 2 is 1.92 bits per heavy atom. The number of fused-ring (bicyclic) bond motifs is 1. The Bertz CT molecular complexity index is 726. The third-order valence-corrected chi connectivity index (χ3v) is 5.12. The van der Waals surface area contributed by atoms with Gasteiger partial charge in [0, 0.05) is 51.3 Å². The highest BCUT2D eigenvalue weighted by molar-refractivity contribution is 5.74. The number of aromatic nitrogens is 4. The highest BCUT2D eigenvalue weighted by Crippen LogP contribution is 2.21. The maximum Gasteiger partial charge on any atom is 0.320 e. The number of nitrogens with one attached hydrogen (secondary N) is 1. The van der Waals surface area contributed by atoms with Crippen LogP contribution in [0.3, 0.4) is 0 Å². The predicted octanol–water partition coefficient (Wildman–Crippen LogP) is 1.82. The van der Waals surface area contributed by atoms with Gasteiger partial charge in [0.15, 0.2) is 0 Å². The second kappa shape index (κ2) is 7.72. The number of anilines is 1. The average Bonchev–Trinajstić information content (AvgIpc) is 3.31. The molecule has 138 valence electrons. The molecule has 2 aliphatic rings.